The molecule has 2 N–H and O–H groups in total. The Morgan fingerprint density at radius 2 is 2.00 bits per heavy atom. The van der Waals surface area contributed by atoms with Crippen molar-refractivity contribution in [2.45, 2.75) is 32.4 Å². The summed E-state index contributed by atoms with van der Waals surface area (Å²) >= 11 is 0. The minimum Gasteiger partial charge on any atom is -0.390 e. The van der Waals surface area contributed by atoms with E-state index in [0.717, 1.165) is 6.42 Å². The van der Waals surface area contributed by atoms with Crippen LogP contribution in [-0.2, 0) is 0 Å². The second kappa shape index (κ2) is 7.85. The predicted octanol–water partition coefficient (Wildman–Crippen LogP) is 1.10. The number of hydrogen-bond donors (Lipinski definition) is 2. The Kier molecular flexibility index (Phi) is 7.65. The lowest BCUT2D eigenvalue weighted by atomic mass is 10.00. The molecule has 0 aliphatic carbocycles. The van der Waals surface area contributed by atoms with E-state index in [1.165, 1.54) is 0 Å². The van der Waals surface area contributed by atoms with Gasteiger partial charge in [-0.25, -0.2) is 0 Å². The molecule has 3 unspecified atom stereocenters. The van der Waals surface area contributed by atoms with Crippen LogP contribution in [0, 0.1) is 5.92 Å². The highest BCUT2D eigenvalue weighted by Gasteiger charge is 2.12. The van der Waals surface area contributed by atoms with E-state index in [4.69, 9.17) is 0 Å². The lowest BCUT2D eigenvalue weighted by Crippen LogP contribution is -2.41. The molecule has 0 saturated heterocycles. The lowest BCUT2D eigenvalue weighted by Gasteiger charge is -2.23. The number of hydrogen-bond acceptors (Lipinski definition) is 3. The van der Waals surface area contributed by atoms with Crippen molar-refractivity contribution in [3.05, 3.63) is 12.7 Å². The molecule has 0 saturated carbocycles. The Hall–Kier alpha value is -0.380. The SMILES string of the molecule is C=CCC(C)C(C)NCC(O)CN(C)C. The molecule has 0 aromatic carbocycles. The summed E-state index contributed by atoms with van der Waals surface area (Å²) in [4.78, 5) is 1.99. The average Bonchev–Trinajstić information content (AvgIpc) is 2.13. The number of rotatable bonds is 8. The highest BCUT2D eigenvalue weighted by Crippen LogP contribution is 2.07. The van der Waals surface area contributed by atoms with E-state index in [2.05, 4.69) is 25.7 Å². The molecule has 0 aliphatic heterocycles. The van der Waals surface area contributed by atoms with Gasteiger partial charge in [0.2, 0.25) is 0 Å². The fourth-order valence-corrected chi connectivity index (χ4v) is 1.48. The normalized spacial score (nSPS) is 17.5. The van der Waals surface area contributed by atoms with E-state index in [1.54, 1.807) is 0 Å². The summed E-state index contributed by atoms with van der Waals surface area (Å²) in [5.74, 6) is 0.564. The van der Waals surface area contributed by atoms with Gasteiger partial charge in [0.1, 0.15) is 0 Å². The monoisotopic (exact) mass is 214 g/mol. The van der Waals surface area contributed by atoms with Crippen LogP contribution in [0.2, 0.25) is 0 Å². The molecule has 15 heavy (non-hydrogen) atoms. The quantitative estimate of drug-likeness (QED) is 0.594. The summed E-state index contributed by atoms with van der Waals surface area (Å²) < 4.78 is 0. The van der Waals surface area contributed by atoms with E-state index in [1.807, 2.05) is 25.1 Å². The fraction of sp³-hybridized carbons (Fsp3) is 0.833. The second-order valence-electron chi connectivity index (χ2n) is 4.61. The van der Waals surface area contributed by atoms with Crippen molar-refractivity contribution >= 4 is 0 Å². The predicted molar refractivity (Wildman–Crippen MR) is 66.0 cm³/mol. The van der Waals surface area contributed by atoms with Crippen molar-refractivity contribution in [3.8, 4) is 0 Å². The van der Waals surface area contributed by atoms with Crippen LogP contribution < -0.4 is 5.32 Å². The Balaban J connectivity index is 3.69. The van der Waals surface area contributed by atoms with E-state index in [9.17, 15) is 5.11 Å². The minimum atomic E-state index is -0.293. The summed E-state index contributed by atoms with van der Waals surface area (Å²) in [5, 5.41) is 13.0. The fourth-order valence-electron chi connectivity index (χ4n) is 1.48. The maximum atomic E-state index is 9.66. The Labute approximate surface area is 94.2 Å². The third-order valence-electron chi connectivity index (χ3n) is 2.64. The molecular formula is C12H26N2O. The van der Waals surface area contributed by atoms with Crippen molar-refractivity contribution in [3.63, 3.8) is 0 Å². The number of nitrogens with one attached hydrogen (secondary N) is 1. The zero-order chi connectivity index (χ0) is 11.8. The first kappa shape index (κ1) is 14.6. The van der Waals surface area contributed by atoms with E-state index in [0.29, 0.717) is 25.0 Å². The molecule has 3 nitrogen and oxygen atoms in total. The summed E-state index contributed by atoms with van der Waals surface area (Å²) in [6, 6.07) is 0.416. The maximum Gasteiger partial charge on any atom is 0.0791 e. The molecule has 0 radical (unpaired) electrons. The van der Waals surface area contributed by atoms with Gasteiger partial charge in [-0.05, 0) is 33.4 Å². The molecule has 3 atom stereocenters. The van der Waals surface area contributed by atoms with Crippen molar-refractivity contribution < 1.29 is 5.11 Å². The topological polar surface area (TPSA) is 35.5 Å². The molecule has 0 amide bonds. The molecule has 0 aliphatic rings. The first-order valence-corrected chi connectivity index (χ1v) is 5.64. The van der Waals surface area contributed by atoms with Crippen molar-refractivity contribution in [2.24, 2.45) is 5.92 Å². The first-order chi connectivity index (χ1) is 6.97. The standard InChI is InChI=1S/C12H26N2O/c1-6-7-10(2)11(3)13-8-12(15)9-14(4)5/h6,10-13,15H,1,7-9H2,2-5H3. The zero-order valence-corrected chi connectivity index (χ0v) is 10.5. The third kappa shape index (κ3) is 7.54. The molecular weight excluding hydrogens is 188 g/mol. The Morgan fingerprint density at radius 3 is 2.47 bits per heavy atom. The molecule has 0 aromatic heterocycles. The van der Waals surface area contributed by atoms with E-state index < -0.39 is 0 Å². The molecule has 0 bridgehead atoms. The Morgan fingerprint density at radius 1 is 1.40 bits per heavy atom. The largest absolute Gasteiger partial charge is 0.390 e. The highest BCUT2D eigenvalue weighted by molar-refractivity contribution is 4.78. The van der Waals surface area contributed by atoms with Crippen molar-refractivity contribution in [1.29, 1.82) is 0 Å². The number of nitrogens with zero attached hydrogens (tertiary/aromatic N) is 1. The lowest BCUT2D eigenvalue weighted by molar-refractivity contribution is 0.129. The van der Waals surface area contributed by atoms with Crippen LogP contribution >= 0.6 is 0 Å². The van der Waals surface area contributed by atoms with Gasteiger partial charge in [-0.2, -0.15) is 0 Å². The number of aliphatic hydroxyl groups is 1. The molecule has 0 heterocycles. The van der Waals surface area contributed by atoms with Crippen molar-refractivity contribution in [2.75, 3.05) is 27.2 Å². The summed E-state index contributed by atoms with van der Waals surface area (Å²) in [7, 11) is 3.93. The summed E-state index contributed by atoms with van der Waals surface area (Å²) in [6.45, 7) is 9.43. The van der Waals surface area contributed by atoms with Gasteiger partial charge in [0.25, 0.3) is 0 Å². The molecule has 0 rings (SSSR count). The van der Waals surface area contributed by atoms with Crippen LogP contribution in [-0.4, -0.2) is 49.3 Å². The number of allylic oxidation sites excluding steroid dienone is 1. The van der Waals surface area contributed by atoms with Gasteiger partial charge in [0, 0.05) is 19.1 Å². The molecule has 0 spiro atoms. The van der Waals surface area contributed by atoms with Gasteiger partial charge in [0.05, 0.1) is 6.10 Å². The van der Waals surface area contributed by atoms with Crippen LogP contribution in [0.1, 0.15) is 20.3 Å². The first-order valence-electron chi connectivity index (χ1n) is 5.64. The van der Waals surface area contributed by atoms with Crippen molar-refractivity contribution in [1.82, 2.24) is 10.2 Å². The third-order valence-corrected chi connectivity index (χ3v) is 2.64. The summed E-state index contributed by atoms with van der Waals surface area (Å²) in [6.07, 6.45) is 2.66. The van der Waals surface area contributed by atoms with Gasteiger partial charge in [0.15, 0.2) is 0 Å². The summed E-state index contributed by atoms with van der Waals surface area (Å²) in [5.41, 5.74) is 0. The number of aliphatic hydroxyl groups excluding tert-OH is 1. The van der Waals surface area contributed by atoms with Crippen LogP contribution in [0.5, 0.6) is 0 Å². The second-order valence-corrected chi connectivity index (χ2v) is 4.61. The van der Waals surface area contributed by atoms with Gasteiger partial charge in [-0.15, -0.1) is 6.58 Å². The number of likely N-dealkylation sites (N-methyl/N-ethyl adjacent to an activating group) is 1. The van der Waals surface area contributed by atoms with Gasteiger partial charge in [-0.3, -0.25) is 0 Å². The zero-order valence-electron chi connectivity index (χ0n) is 10.5. The molecule has 90 valence electrons. The molecule has 3 heteroatoms. The van der Waals surface area contributed by atoms with Gasteiger partial charge in [-0.1, -0.05) is 13.0 Å². The van der Waals surface area contributed by atoms with Crippen LogP contribution in [0.15, 0.2) is 12.7 Å². The maximum absolute atomic E-state index is 9.66. The smallest absolute Gasteiger partial charge is 0.0791 e. The van der Waals surface area contributed by atoms with Gasteiger partial charge >= 0.3 is 0 Å². The Bertz CT molecular complexity index is 171. The highest BCUT2D eigenvalue weighted by atomic mass is 16.3. The van der Waals surface area contributed by atoms with Gasteiger partial charge < -0.3 is 15.3 Å². The molecule has 0 fully saturated rings. The molecule has 0 aromatic rings. The van der Waals surface area contributed by atoms with Crippen LogP contribution in [0.25, 0.3) is 0 Å². The average molecular weight is 214 g/mol. The van der Waals surface area contributed by atoms with Crippen LogP contribution in [0.4, 0.5) is 0 Å². The van der Waals surface area contributed by atoms with E-state index in [-0.39, 0.29) is 6.10 Å². The van der Waals surface area contributed by atoms with E-state index >= 15 is 0 Å². The van der Waals surface area contributed by atoms with Crippen LogP contribution in [0.3, 0.4) is 0 Å². The minimum absolute atomic E-state index is 0.293.